The zero-order valence-corrected chi connectivity index (χ0v) is 11.0. The highest BCUT2D eigenvalue weighted by Gasteiger charge is 2.12. The zero-order valence-electron chi connectivity index (χ0n) is 10.2. The Labute approximate surface area is 108 Å². The van der Waals surface area contributed by atoms with Gasteiger partial charge in [-0.25, -0.2) is 0 Å². The Kier molecular flexibility index (Phi) is 11.5. The lowest BCUT2D eigenvalue weighted by molar-refractivity contribution is 0.306. The summed E-state index contributed by atoms with van der Waals surface area (Å²) in [7, 11) is -3.59. The minimum absolute atomic E-state index is 0. The van der Waals surface area contributed by atoms with Crippen molar-refractivity contribution in [3.8, 4) is 0 Å². The second-order valence-electron chi connectivity index (χ2n) is 2.85. The maximum absolute atomic E-state index is 11.3. The molecule has 0 aliphatic heterocycles. The summed E-state index contributed by atoms with van der Waals surface area (Å²) in [6.45, 7) is 3.84. The van der Waals surface area contributed by atoms with E-state index < -0.39 is 10.1 Å². The van der Waals surface area contributed by atoms with E-state index in [4.69, 9.17) is 10.8 Å². The first-order valence-electron chi connectivity index (χ1n) is 4.94. The molecule has 18 heavy (non-hydrogen) atoms. The summed E-state index contributed by atoms with van der Waals surface area (Å²) in [6, 6.07) is 8.00. The van der Waals surface area contributed by atoms with Gasteiger partial charge in [0.05, 0.1) is 18.1 Å². The van der Waals surface area contributed by atoms with E-state index in [1.165, 1.54) is 18.2 Å². The Morgan fingerprint density at radius 3 is 2.22 bits per heavy atom. The third kappa shape index (κ3) is 7.93. The third-order valence-corrected chi connectivity index (χ3v) is 2.80. The molecule has 1 rings (SSSR count). The smallest absolute Gasteiger partial charge is 0.297 e. The monoisotopic (exact) mass is 276 g/mol. The van der Waals surface area contributed by atoms with Crippen LogP contribution in [0.4, 0.5) is 0 Å². The lowest BCUT2D eigenvalue weighted by atomic mass is 10.4. The minimum atomic E-state index is -3.59. The summed E-state index contributed by atoms with van der Waals surface area (Å²) in [4.78, 5) is 0.164. The Morgan fingerprint density at radius 1 is 1.33 bits per heavy atom. The fourth-order valence-electron chi connectivity index (χ4n) is 0.793. The van der Waals surface area contributed by atoms with Gasteiger partial charge in [-0.3, -0.25) is 4.18 Å². The fourth-order valence-corrected chi connectivity index (χ4v) is 1.69. The molecular formula is C11H20N2O4S. The van der Waals surface area contributed by atoms with Gasteiger partial charge in [0.2, 0.25) is 0 Å². The number of benzene rings is 1. The van der Waals surface area contributed by atoms with E-state index in [-0.39, 0.29) is 24.3 Å². The van der Waals surface area contributed by atoms with Crippen LogP contribution in [-0.2, 0) is 14.3 Å². The SMILES string of the molecule is C=CCOS(=O)(=O)c1ccccc1.N.NCCO. The Morgan fingerprint density at radius 2 is 1.83 bits per heavy atom. The van der Waals surface area contributed by atoms with Crippen LogP contribution < -0.4 is 11.9 Å². The van der Waals surface area contributed by atoms with Gasteiger partial charge in [-0.15, -0.1) is 6.58 Å². The van der Waals surface area contributed by atoms with Gasteiger partial charge in [-0.2, -0.15) is 8.42 Å². The van der Waals surface area contributed by atoms with E-state index in [0.29, 0.717) is 6.54 Å². The van der Waals surface area contributed by atoms with Crippen LogP contribution in [0.5, 0.6) is 0 Å². The summed E-state index contributed by atoms with van der Waals surface area (Å²) in [5, 5.41) is 7.75. The highest BCUT2D eigenvalue weighted by Crippen LogP contribution is 2.10. The number of aliphatic hydroxyl groups is 1. The van der Waals surface area contributed by atoms with Crippen molar-refractivity contribution in [1.29, 1.82) is 0 Å². The summed E-state index contributed by atoms with van der Waals surface area (Å²) in [6.07, 6.45) is 1.39. The molecule has 0 aliphatic rings. The molecule has 0 amide bonds. The van der Waals surface area contributed by atoms with E-state index in [1.807, 2.05) is 0 Å². The molecule has 0 saturated heterocycles. The van der Waals surface area contributed by atoms with Crippen LogP contribution >= 0.6 is 0 Å². The first-order chi connectivity index (χ1) is 8.08. The van der Waals surface area contributed by atoms with Crippen molar-refractivity contribution in [2.24, 2.45) is 5.73 Å². The molecule has 0 spiro atoms. The van der Waals surface area contributed by atoms with Crippen LogP contribution in [0.25, 0.3) is 0 Å². The summed E-state index contributed by atoms with van der Waals surface area (Å²) in [5.74, 6) is 0. The molecule has 6 N–H and O–H groups in total. The number of rotatable bonds is 5. The van der Waals surface area contributed by atoms with Crippen molar-refractivity contribution in [3.63, 3.8) is 0 Å². The van der Waals surface area contributed by atoms with E-state index in [2.05, 4.69) is 10.8 Å². The van der Waals surface area contributed by atoms with E-state index >= 15 is 0 Å². The van der Waals surface area contributed by atoms with Gasteiger partial charge in [-0.1, -0.05) is 24.3 Å². The first-order valence-corrected chi connectivity index (χ1v) is 6.35. The van der Waals surface area contributed by atoms with Crippen LogP contribution in [0.3, 0.4) is 0 Å². The molecule has 0 fully saturated rings. The van der Waals surface area contributed by atoms with E-state index in [0.717, 1.165) is 0 Å². The molecular weight excluding hydrogens is 256 g/mol. The Hall–Kier alpha value is -1.25. The fraction of sp³-hybridized carbons (Fsp3) is 0.273. The maximum atomic E-state index is 11.3. The molecule has 0 unspecified atom stereocenters. The number of hydrogen-bond donors (Lipinski definition) is 3. The van der Waals surface area contributed by atoms with Gasteiger partial charge in [0.15, 0.2) is 0 Å². The van der Waals surface area contributed by atoms with Crippen molar-refractivity contribution in [2.75, 3.05) is 19.8 Å². The normalized spacial score (nSPS) is 9.67. The maximum Gasteiger partial charge on any atom is 0.297 e. The number of hydrogen-bond acceptors (Lipinski definition) is 6. The topological polar surface area (TPSA) is 125 Å². The molecule has 7 heteroatoms. The lowest BCUT2D eigenvalue weighted by Crippen LogP contribution is -2.05. The second-order valence-corrected chi connectivity index (χ2v) is 4.47. The highest BCUT2D eigenvalue weighted by molar-refractivity contribution is 7.86. The molecule has 104 valence electrons. The van der Waals surface area contributed by atoms with Gasteiger partial charge in [0.1, 0.15) is 0 Å². The van der Waals surface area contributed by atoms with Crippen molar-refractivity contribution in [2.45, 2.75) is 4.90 Å². The van der Waals surface area contributed by atoms with Crippen LogP contribution in [0, 0.1) is 0 Å². The van der Waals surface area contributed by atoms with Crippen molar-refractivity contribution >= 4 is 10.1 Å². The molecule has 6 nitrogen and oxygen atoms in total. The van der Waals surface area contributed by atoms with Gasteiger partial charge >= 0.3 is 0 Å². The molecule has 0 bridgehead atoms. The number of aliphatic hydroxyl groups excluding tert-OH is 1. The Balaban J connectivity index is 0. The summed E-state index contributed by atoms with van der Waals surface area (Å²) < 4.78 is 27.3. The number of nitrogens with two attached hydrogens (primary N) is 1. The van der Waals surface area contributed by atoms with Crippen LogP contribution in [-0.4, -0.2) is 33.3 Å². The average molecular weight is 276 g/mol. The summed E-state index contributed by atoms with van der Waals surface area (Å²) >= 11 is 0. The van der Waals surface area contributed by atoms with Crippen LogP contribution in [0.1, 0.15) is 0 Å². The molecule has 0 aliphatic carbocycles. The first kappa shape index (κ1) is 19.1. The van der Waals surface area contributed by atoms with Gasteiger partial charge < -0.3 is 17.0 Å². The molecule has 0 aromatic heterocycles. The molecule has 0 heterocycles. The van der Waals surface area contributed by atoms with Crippen molar-refractivity contribution in [1.82, 2.24) is 6.15 Å². The minimum Gasteiger partial charge on any atom is -0.395 e. The van der Waals surface area contributed by atoms with E-state index in [1.54, 1.807) is 18.2 Å². The van der Waals surface area contributed by atoms with Crippen molar-refractivity contribution in [3.05, 3.63) is 43.0 Å². The standard InChI is InChI=1S/C9H10O3S.C2H7NO.H3N/c1-2-8-12-13(10,11)9-6-4-3-5-7-9;3-1-2-4;/h2-7H,1,8H2;4H,1-3H2;1H3. The zero-order chi connectivity index (χ0) is 13.1. The van der Waals surface area contributed by atoms with Gasteiger partial charge in [0.25, 0.3) is 10.1 Å². The second kappa shape index (κ2) is 10.9. The Bertz CT molecular complexity index is 404. The highest BCUT2D eigenvalue weighted by atomic mass is 32.2. The predicted molar refractivity (Wildman–Crippen MR) is 70.9 cm³/mol. The third-order valence-electron chi connectivity index (χ3n) is 1.50. The van der Waals surface area contributed by atoms with Gasteiger partial charge in [-0.05, 0) is 12.1 Å². The van der Waals surface area contributed by atoms with E-state index in [9.17, 15) is 8.42 Å². The molecule has 0 atom stereocenters. The predicted octanol–water partition coefficient (Wildman–Crippen LogP) is 0.677. The summed E-state index contributed by atoms with van der Waals surface area (Å²) in [5.41, 5.74) is 4.78. The molecule has 0 radical (unpaired) electrons. The molecule has 0 saturated carbocycles. The molecule has 1 aromatic carbocycles. The average Bonchev–Trinajstić information content (AvgIpc) is 2.38. The van der Waals surface area contributed by atoms with Gasteiger partial charge in [0, 0.05) is 6.54 Å². The quantitative estimate of drug-likeness (QED) is 0.536. The van der Waals surface area contributed by atoms with Crippen LogP contribution in [0.2, 0.25) is 0 Å². The largest absolute Gasteiger partial charge is 0.395 e. The molecule has 1 aromatic rings. The van der Waals surface area contributed by atoms with Crippen LogP contribution in [0.15, 0.2) is 47.9 Å². The van der Waals surface area contributed by atoms with Crippen molar-refractivity contribution < 1.29 is 17.7 Å². The lowest BCUT2D eigenvalue weighted by Gasteiger charge is -2.01.